The first-order valence-corrected chi connectivity index (χ1v) is 6.57. The zero-order valence-electron chi connectivity index (χ0n) is 6.98. The van der Waals surface area contributed by atoms with Gasteiger partial charge in [-0.2, -0.15) is 0 Å². The van der Waals surface area contributed by atoms with E-state index in [2.05, 4.69) is 61.8 Å². The largest absolute Gasteiger partial charge is 0.300 e. The first-order valence-electron chi connectivity index (χ1n) is 3.79. The molecule has 72 valence electrons. The molecule has 0 saturated heterocycles. The van der Waals surface area contributed by atoms with Crippen LogP contribution in [0.25, 0.3) is 0 Å². The van der Waals surface area contributed by atoms with E-state index in [1.54, 1.807) is 17.5 Å². The minimum Gasteiger partial charge on any atom is -0.300 e. The Bertz CT molecular complexity index is 387. The van der Waals surface area contributed by atoms with Crippen LogP contribution in [-0.4, -0.2) is 10.2 Å². The molecule has 0 aliphatic rings. The van der Waals surface area contributed by atoms with Gasteiger partial charge in [0.05, 0.1) is 0 Å². The van der Waals surface area contributed by atoms with Crippen LogP contribution >= 0.6 is 45.9 Å². The lowest BCUT2D eigenvalue weighted by Crippen LogP contribution is -1.85. The fraction of sp³-hybridized carbons (Fsp3) is 0. The van der Waals surface area contributed by atoms with Gasteiger partial charge in [0.25, 0.3) is 0 Å². The molecule has 3 nitrogen and oxygen atoms in total. The standard InChI is InChI=1S/C8H6IN3S2/c9-6-1-3-7(4-2-6)14-12-8-11-10-5-13-8/h1-5H,(H,11,12). The van der Waals surface area contributed by atoms with Crippen molar-refractivity contribution in [2.24, 2.45) is 0 Å². The van der Waals surface area contributed by atoms with Crippen molar-refractivity contribution >= 4 is 51.0 Å². The molecule has 1 heterocycles. The SMILES string of the molecule is Ic1ccc(SNc2nncs2)cc1. The van der Waals surface area contributed by atoms with Gasteiger partial charge in [-0.15, -0.1) is 10.2 Å². The number of rotatable bonds is 3. The van der Waals surface area contributed by atoms with Crippen molar-refractivity contribution in [3.8, 4) is 0 Å². The van der Waals surface area contributed by atoms with Crippen LogP contribution in [0.2, 0.25) is 0 Å². The second-order valence-corrected chi connectivity index (χ2v) is 5.36. The maximum atomic E-state index is 3.88. The van der Waals surface area contributed by atoms with E-state index in [-0.39, 0.29) is 0 Å². The lowest BCUT2D eigenvalue weighted by Gasteiger charge is -2.00. The molecule has 1 N–H and O–H groups in total. The molecule has 0 aliphatic heterocycles. The number of hydrogen-bond acceptors (Lipinski definition) is 5. The van der Waals surface area contributed by atoms with Gasteiger partial charge in [-0.25, -0.2) is 0 Å². The summed E-state index contributed by atoms with van der Waals surface area (Å²) in [5.74, 6) is 0. The molecule has 0 bridgehead atoms. The number of hydrogen-bond donors (Lipinski definition) is 1. The Morgan fingerprint density at radius 2 is 2.07 bits per heavy atom. The highest BCUT2D eigenvalue weighted by molar-refractivity contribution is 14.1. The van der Waals surface area contributed by atoms with E-state index >= 15 is 0 Å². The van der Waals surface area contributed by atoms with Crippen LogP contribution in [0.1, 0.15) is 0 Å². The fourth-order valence-corrected chi connectivity index (χ4v) is 2.31. The third-order valence-corrected chi connectivity index (χ3v) is 3.69. The number of benzene rings is 1. The minimum atomic E-state index is 0.827. The number of anilines is 1. The molecule has 1 aromatic carbocycles. The second-order valence-electron chi connectivity index (χ2n) is 2.40. The molecule has 6 heteroatoms. The summed E-state index contributed by atoms with van der Waals surface area (Å²) in [5.41, 5.74) is 1.71. The first-order chi connectivity index (χ1) is 6.84. The van der Waals surface area contributed by atoms with Crippen molar-refractivity contribution in [3.05, 3.63) is 33.3 Å². The average molecular weight is 335 g/mol. The van der Waals surface area contributed by atoms with E-state index < -0.39 is 0 Å². The van der Waals surface area contributed by atoms with Crippen LogP contribution in [0.4, 0.5) is 5.13 Å². The molecule has 0 radical (unpaired) electrons. The highest BCUT2D eigenvalue weighted by Crippen LogP contribution is 2.22. The van der Waals surface area contributed by atoms with Crippen LogP contribution in [0, 0.1) is 3.57 Å². The number of nitrogens with one attached hydrogen (secondary N) is 1. The summed E-state index contributed by atoms with van der Waals surface area (Å²) < 4.78 is 4.36. The molecular formula is C8H6IN3S2. The van der Waals surface area contributed by atoms with Crippen molar-refractivity contribution in [1.82, 2.24) is 10.2 Å². The molecule has 0 aliphatic carbocycles. The normalized spacial score (nSPS) is 10.1. The van der Waals surface area contributed by atoms with E-state index in [0.29, 0.717) is 0 Å². The molecule has 0 fully saturated rings. The van der Waals surface area contributed by atoms with Gasteiger partial charge in [0.2, 0.25) is 5.13 Å². The Kier molecular flexibility index (Phi) is 3.60. The van der Waals surface area contributed by atoms with Crippen molar-refractivity contribution in [2.45, 2.75) is 4.90 Å². The first kappa shape index (κ1) is 10.2. The summed E-state index contributed by atoms with van der Waals surface area (Å²) in [6.45, 7) is 0. The topological polar surface area (TPSA) is 37.8 Å². The Labute approximate surface area is 104 Å². The quantitative estimate of drug-likeness (QED) is 0.690. The Morgan fingerprint density at radius 3 is 2.71 bits per heavy atom. The molecule has 1 aromatic heterocycles. The molecular weight excluding hydrogens is 329 g/mol. The van der Waals surface area contributed by atoms with Crippen molar-refractivity contribution in [3.63, 3.8) is 0 Å². The summed E-state index contributed by atoms with van der Waals surface area (Å²) in [7, 11) is 0. The van der Waals surface area contributed by atoms with Gasteiger partial charge in [0.1, 0.15) is 5.51 Å². The van der Waals surface area contributed by atoms with Gasteiger partial charge >= 0.3 is 0 Å². The van der Waals surface area contributed by atoms with Gasteiger partial charge in [-0.3, -0.25) is 0 Å². The predicted octanol–water partition coefficient (Wildman–Crippen LogP) is 3.26. The van der Waals surface area contributed by atoms with Crippen LogP contribution < -0.4 is 4.72 Å². The van der Waals surface area contributed by atoms with Crippen LogP contribution in [-0.2, 0) is 0 Å². The number of halogens is 1. The maximum Gasteiger partial charge on any atom is 0.215 e. The van der Waals surface area contributed by atoms with Crippen molar-refractivity contribution in [1.29, 1.82) is 0 Å². The molecule has 14 heavy (non-hydrogen) atoms. The van der Waals surface area contributed by atoms with E-state index in [9.17, 15) is 0 Å². The molecule has 2 aromatic rings. The van der Waals surface area contributed by atoms with Gasteiger partial charge in [-0.1, -0.05) is 11.3 Å². The lowest BCUT2D eigenvalue weighted by atomic mass is 10.4. The van der Waals surface area contributed by atoms with Crippen LogP contribution in [0.3, 0.4) is 0 Å². The van der Waals surface area contributed by atoms with Crippen LogP contribution in [0.15, 0.2) is 34.7 Å². The van der Waals surface area contributed by atoms with Gasteiger partial charge in [-0.05, 0) is 58.8 Å². The predicted molar refractivity (Wildman–Crippen MR) is 68.5 cm³/mol. The fourth-order valence-electron chi connectivity index (χ4n) is 0.823. The maximum absolute atomic E-state index is 3.88. The summed E-state index contributed by atoms with van der Waals surface area (Å²) in [6, 6.07) is 8.29. The third-order valence-electron chi connectivity index (χ3n) is 1.43. The molecule has 0 amide bonds. The van der Waals surface area contributed by atoms with Gasteiger partial charge in [0, 0.05) is 8.47 Å². The molecule has 0 spiro atoms. The number of nitrogens with zero attached hydrogens (tertiary/aromatic N) is 2. The summed E-state index contributed by atoms with van der Waals surface area (Å²) >= 11 is 5.32. The monoisotopic (exact) mass is 335 g/mol. The summed E-state index contributed by atoms with van der Waals surface area (Å²) in [4.78, 5) is 1.17. The zero-order valence-corrected chi connectivity index (χ0v) is 10.8. The molecule has 0 unspecified atom stereocenters. The third kappa shape index (κ3) is 2.82. The minimum absolute atomic E-state index is 0.827. The second kappa shape index (κ2) is 4.94. The number of aromatic nitrogens is 2. The molecule has 2 rings (SSSR count). The Balaban J connectivity index is 1.95. The summed E-state index contributed by atoms with van der Waals surface area (Å²) in [5, 5.41) is 8.45. The van der Waals surface area contributed by atoms with Crippen molar-refractivity contribution < 1.29 is 0 Å². The highest BCUT2D eigenvalue weighted by atomic mass is 127. The Morgan fingerprint density at radius 1 is 1.29 bits per heavy atom. The van der Waals surface area contributed by atoms with E-state index in [0.717, 1.165) is 5.13 Å². The highest BCUT2D eigenvalue weighted by Gasteiger charge is 1.97. The van der Waals surface area contributed by atoms with E-state index in [1.165, 1.54) is 19.8 Å². The summed E-state index contributed by atoms with van der Waals surface area (Å²) in [6.07, 6.45) is 0. The van der Waals surface area contributed by atoms with E-state index in [1.807, 2.05) is 0 Å². The Hall–Kier alpha value is -0.340. The van der Waals surface area contributed by atoms with Crippen molar-refractivity contribution in [2.75, 3.05) is 4.72 Å². The zero-order chi connectivity index (χ0) is 9.80. The van der Waals surface area contributed by atoms with E-state index in [4.69, 9.17) is 0 Å². The lowest BCUT2D eigenvalue weighted by molar-refractivity contribution is 1.10. The van der Waals surface area contributed by atoms with Gasteiger partial charge < -0.3 is 4.72 Å². The van der Waals surface area contributed by atoms with Gasteiger partial charge in [0.15, 0.2) is 0 Å². The smallest absolute Gasteiger partial charge is 0.215 e. The molecule has 0 saturated carbocycles. The van der Waals surface area contributed by atoms with Crippen LogP contribution in [0.5, 0.6) is 0 Å². The average Bonchev–Trinajstić information content (AvgIpc) is 2.70. The molecule has 0 atom stereocenters.